The van der Waals surface area contributed by atoms with Crippen LogP contribution in [0.1, 0.15) is 15.9 Å². The zero-order chi connectivity index (χ0) is 16.9. The second-order valence-corrected chi connectivity index (χ2v) is 4.96. The molecule has 6 nitrogen and oxygen atoms in total. The second-order valence-electron chi connectivity index (χ2n) is 4.96. The Morgan fingerprint density at radius 1 is 1.17 bits per heavy atom. The first-order valence-electron chi connectivity index (χ1n) is 7.16. The molecule has 0 amide bonds. The molecule has 120 valence electrons. The van der Waals surface area contributed by atoms with Crippen LogP contribution in [0.25, 0.3) is 22.6 Å². The van der Waals surface area contributed by atoms with Gasteiger partial charge in [-0.3, -0.25) is 0 Å². The first-order valence-corrected chi connectivity index (χ1v) is 7.16. The molecule has 0 aliphatic rings. The summed E-state index contributed by atoms with van der Waals surface area (Å²) in [7, 11) is 1.32. The van der Waals surface area contributed by atoms with Crippen LogP contribution in [0.2, 0.25) is 0 Å². The maximum atomic E-state index is 11.7. The molecule has 1 N–H and O–H groups in total. The summed E-state index contributed by atoms with van der Waals surface area (Å²) in [4.78, 5) is 11.7. The Balaban J connectivity index is 2.12. The molecule has 3 aromatic rings. The monoisotopic (exact) mass is 322 g/mol. The van der Waals surface area contributed by atoms with Crippen LogP contribution >= 0.6 is 0 Å². The lowest BCUT2D eigenvalue weighted by atomic mass is 10.0. The highest BCUT2D eigenvalue weighted by Gasteiger charge is 2.19. The third kappa shape index (κ3) is 2.89. The van der Waals surface area contributed by atoms with Crippen LogP contribution in [0.4, 0.5) is 0 Å². The van der Waals surface area contributed by atoms with Crippen LogP contribution in [-0.2, 0) is 4.74 Å². The van der Waals surface area contributed by atoms with Crippen LogP contribution in [0.3, 0.4) is 0 Å². The number of hydrogen-bond donors (Lipinski definition) is 1. The van der Waals surface area contributed by atoms with E-state index in [4.69, 9.17) is 14.5 Å². The van der Waals surface area contributed by atoms with Crippen LogP contribution in [-0.4, -0.2) is 29.7 Å². The summed E-state index contributed by atoms with van der Waals surface area (Å²) in [5, 5.41) is 16.2. The van der Waals surface area contributed by atoms with E-state index in [-0.39, 0.29) is 0 Å². The molecular formula is C18H14N2O4. The third-order valence-corrected chi connectivity index (χ3v) is 3.51. The topological polar surface area (TPSA) is 84.9 Å². The van der Waals surface area contributed by atoms with Crippen molar-refractivity contribution in [3.63, 3.8) is 0 Å². The Bertz CT molecular complexity index is 885. The SMILES string of the molecule is COC(=O)c1cccc(-c2noc(-c3ccccc3)c2/C=N/O)c1. The van der Waals surface area contributed by atoms with Crippen molar-refractivity contribution in [2.24, 2.45) is 5.16 Å². The van der Waals surface area contributed by atoms with Crippen molar-refractivity contribution in [2.45, 2.75) is 0 Å². The lowest BCUT2D eigenvalue weighted by molar-refractivity contribution is 0.0601. The molecule has 1 heterocycles. The molecule has 0 aliphatic carbocycles. The molecule has 0 atom stereocenters. The zero-order valence-corrected chi connectivity index (χ0v) is 12.8. The Labute approximate surface area is 138 Å². The summed E-state index contributed by atoms with van der Waals surface area (Å²) in [5.74, 6) is 0.0351. The molecule has 0 bridgehead atoms. The molecule has 0 unspecified atom stereocenters. The number of aromatic nitrogens is 1. The fourth-order valence-corrected chi connectivity index (χ4v) is 2.39. The van der Waals surface area contributed by atoms with Gasteiger partial charge in [-0.1, -0.05) is 52.8 Å². The van der Waals surface area contributed by atoms with Gasteiger partial charge in [0.2, 0.25) is 0 Å². The fourth-order valence-electron chi connectivity index (χ4n) is 2.39. The van der Waals surface area contributed by atoms with E-state index in [9.17, 15) is 4.79 Å². The molecule has 24 heavy (non-hydrogen) atoms. The van der Waals surface area contributed by atoms with E-state index in [1.54, 1.807) is 24.3 Å². The van der Waals surface area contributed by atoms with Gasteiger partial charge in [-0.25, -0.2) is 4.79 Å². The molecule has 1 aromatic heterocycles. The van der Waals surface area contributed by atoms with Gasteiger partial charge in [-0.15, -0.1) is 0 Å². The van der Waals surface area contributed by atoms with Crippen LogP contribution in [0, 0.1) is 0 Å². The van der Waals surface area contributed by atoms with E-state index in [0.29, 0.717) is 28.1 Å². The Morgan fingerprint density at radius 2 is 1.92 bits per heavy atom. The quantitative estimate of drug-likeness (QED) is 0.343. The Kier molecular flexibility index (Phi) is 4.38. The van der Waals surface area contributed by atoms with Crippen LogP contribution in [0.15, 0.2) is 64.3 Å². The summed E-state index contributed by atoms with van der Waals surface area (Å²) in [6.07, 6.45) is 1.26. The van der Waals surface area contributed by atoms with Crippen molar-refractivity contribution in [1.82, 2.24) is 5.16 Å². The van der Waals surface area contributed by atoms with Gasteiger partial charge >= 0.3 is 5.97 Å². The maximum absolute atomic E-state index is 11.7. The zero-order valence-electron chi connectivity index (χ0n) is 12.8. The average molecular weight is 322 g/mol. The smallest absolute Gasteiger partial charge is 0.337 e. The van der Waals surface area contributed by atoms with Gasteiger partial charge in [0.05, 0.1) is 24.5 Å². The highest BCUT2D eigenvalue weighted by atomic mass is 16.5. The summed E-state index contributed by atoms with van der Waals surface area (Å²) in [6, 6.07) is 16.2. The van der Waals surface area contributed by atoms with E-state index in [0.717, 1.165) is 5.56 Å². The van der Waals surface area contributed by atoms with Crippen molar-refractivity contribution < 1.29 is 19.3 Å². The predicted octanol–water partition coefficient (Wildman–Crippen LogP) is 3.60. The molecule has 0 spiro atoms. The fraction of sp³-hybridized carbons (Fsp3) is 0.0556. The minimum absolute atomic E-state index is 0.395. The van der Waals surface area contributed by atoms with Crippen molar-refractivity contribution in [1.29, 1.82) is 0 Å². The van der Waals surface area contributed by atoms with E-state index in [1.807, 2.05) is 30.3 Å². The molecule has 0 saturated carbocycles. The maximum Gasteiger partial charge on any atom is 0.337 e. The predicted molar refractivity (Wildman–Crippen MR) is 88.1 cm³/mol. The van der Waals surface area contributed by atoms with Crippen molar-refractivity contribution in [3.8, 4) is 22.6 Å². The summed E-state index contributed by atoms with van der Waals surface area (Å²) in [5.41, 5.74) is 2.84. The standard InChI is InChI=1S/C18H14N2O4/c1-23-18(21)14-9-5-8-13(10-14)16-15(11-19-22)17(24-20-16)12-6-3-2-4-7-12/h2-11,22H,1H3/b19-11+. The molecule has 6 heteroatoms. The Morgan fingerprint density at radius 3 is 2.62 bits per heavy atom. The van der Waals surface area contributed by atoms with Gasteiger partial charge in [0.15, 0.2) is 5.76 Å². The first-order chi connectivity index (χ1) is 11.7. The number of hydrogen-bond acceptors (Lipinski definition) is 6. The molecule has 3 rings (SSSR count). The van der Waals surface area contributed by atoms with Crippen molar-refractivity contribution >= 4 is 12.2 Å². The number of nitrogens with zero attached hydrogens (tertiary/aromatic N) is 2. The normalized spacial score (nSPS) is 10.9. The highest BCUT2D eigenvalue weighted by molar-refractivity contribution is 5.97. The minimum Gasteiger partial charge on any atom is -0.465 e. The number of ether oxygens (including phenoxy) is 1. The molecular weight excluding hydrogens is 308 g/mol. The van der Waals surface area contributed by atoms with Gasteiger partial charge in [-0.05, 0) is 12.1 Å². The summed E-state index contributed by atoms with van der Waals surface area (Å²) >= 11 is 0. The molecule has 0 saturated heterocycles. The van der Waals surface area contributed by atoms with Crippen LogP contribution in [0.5, 0.6) is 0 Å². The lowest BCUT2D eigenvalue weighted by Crippen LogP contribution is -2.01. The van der Waals surface area contributed by atoms with E-state index in [2.05, 4.69) is 10.3 Å². The number of oxime groups is 1. The average Bonchev–Trinajstić information content (AvgIpc) is 3.06. The number of rotatable bonds is 4. The highest BCUT2D eigenvalue weighted by Crippen LogP contribution is 2.31. The number of esters is 1. The number of carbonyl (C=O) groups excluding carboxylic acids is 1. The first kappa shape index (κ1) is 15.5. The third-order valence-electron chi connectivity index (χ3n) is 3.51. The van der Waals surface area contributed by atoms with Gasteiger partial charge in [0, 0.05) is 11.1 Å². The van der Waals surface area contributed by atoms with Crippen molar-refractivity contribution in [3.05, 3.63) is 65.7 Å². The molecule has 0 aliphatic heterocycles. The minimum atomic E-state index is -0.444. The van der Waals surface area contributed by atoms with Gasteiger partial charge < -0.3 is 14.5 Å². The van der Waals surface area contributed by atoms with Crippen molar-refractivity contribution in [2.75, 3.05) is 7.11 Å². The summed E-state index contributed by atoms with van der Waals surface area (Å²) < 4.78 is 10.2. The second kappa shape index (κ2) is 6.78. The molecule has 0 fully saturated rings. The number of carbonyl (C=O) groups is 1. The van der Waals surface area contributed by atoms with Gasteiger partial charge in [0.1, 0.15) is 5.69 Å². The lowest BCUT2D eigenvalue weighted by Gasteiger charge is -2.02. The number of methoxy groups -OCH3 is 1. The van der Waals surface area contributed by atoms with E-state index in [1.165, 1.54) is 13.3 Å². The largest absolute Gasteiger partial charge is 0.465 e. The summed E-state index contributed by atoms with van der Waals surface area (Å²) in [6.45, 7) is 0. The number of benzene rings is 2. The van der Waals surface area contributed by atoms with Crippen LogP contribution < -0.4 is 0 Å². The molecule has 2 aromatic carbocycles. The van der Waals surface area contributed by atoms with E-state index >= 15 is 0 Å². The van der Waals surface area contributed by atoms with E-state index < -0.39 is 5.97 Å². The Hall–Kier alpha value is -3.41. The van der Waals surface area contributed by atoms with Gasteiger partial charge in [-0.2, -0.15) is 0 Å². The van der Waals surface area contributed by atoms with Gasteiger partial charge in [0.25, 0.3) is 0 Å². The molecule has 0 radical (unpaired) electrons.